The van der Waals surface area contributed by atoms with Crippen LogP contribution in [-0.2, 0) is 17.2 Å². The molecule has 0 bridgehead atoms. The lowest BCUT2D eigenvalue weighted by Gasteiger charge is -2.03. The molecule has 5 nitrogen and oxygen atoms in total. The molecule has 0 aliphatic carbocycles. The fraction of sp³-hybridized carbons (Fsp3) is 0.300. The van der Waals surface area contributed by atoms with Gasteiger partial charge >= 0.3 is 0 Å². The molecule has 2 aromatic heterocycles. The van der Waals surface area contributed by atoms with Crippen LogP contribution in [0, 0.1) is 6.92 Å². The van der Waals surface area contributed by atoms with Gasteiger partial charge in [-0.15, -0.1) is 11.6 Å². The van der Waals surface area contributed by atoms with Crippen LogP contribution in [0.4, 0.5) is 0 Å². The normalized spacial score (nSPS) is 10.9. The summed E-state index contributed by atoms with van der Waals surface area (Å²) in [5.74, 6) is 0.393. The standard InChI is InChI=1S/C10H11ClN4O/c1-6-2-7-10(13-4-6)15(5-8(12)16)9(3-11)14-7/h2,4H,3,5H2,1H3,(H2,12,16). The van der Waals surface area contributed by atoms with Crippen molar-refractivity contribution in [3.8, 4) is 0 Å². The van der Waals surface area contributed by atoms with Crippen LogP contribution in [0.15, 0.2) is 12.3 Å². The molecular formula is C10H11ClN4O. The zero-order chi connectivity index (χ0) is 11.7. The Kier molecular flexibility index (Phi) is 2.78. The van der Waals surface area contributed by atoms with E-state index in [1.165, 1.54) is 0 Å². The van der Waals surface area contributed by atoms with Gasteiger partial charge in [0.2, 0.25) is 5.91 Å². The number of fused-ring (bicyclic) bond motifs is 1. The Morgan fingerprint density at radius 1 is 1.62 bits per heavy atom. The Morgan fingerprint density at radius 3 is 3.00 bits per heavy atom. The summed E-state index contributed by atoms with van der Waals surface area (Å²) in [5, 5.41) is 0. The lowest BCUT2D eigenvalue weighted by Crippen LogP contribution is -2.20. The molecule has 2 N–H and O–H groups in total. The summed E-state index contributed by atoms with van der Waals surface area (Å²) in [5.41, 5.74) is 7.55. The molecule has 0 saturated carbocycles. The van der Waals surface area contributed by atoms with E-state index in [0.29, 0.717) is 11.5 Å². The summed E-state index contributed by atoms with van der Waals surface area (Å²) < 4.78 is 1.64. The summed E-state index contributed by atoms with van der Waals surface area (Å²) in [6.45, 7) is 1.98. The highest BCUT2D eigenvalue weighted by Gasteiger charge is 2.12. The average Bonchev–Trinajstić information content (AvgIpc) is 2.55. The van der Waals surface area contributed by atoms with Crippen LogP contribution >= 0.6 is 11.6 Å². The molecule has 0 fully saturated rings. The Morgan fingerprint density at radius 2 is 2.38 bits per heavy atom. The molecular weight excluding hydrogens is 228 g/mol. The topological polar surface area (TPSA) is 73.8 Å². The quantitative estimate of drug-likeness (QED) is 0.810. The Labute approximate surface area is 97.2 Å². The summed E-state index contributed by atoms with van der Waals surface area (Å²) in [6, 6.07) is 1.90. The van der Waals surface area contributed by atoms with Gasteiger partial charge in [0, 0.05) is 6.20 Å². The highest BCUT2D eigenvalue weighted by Crippen LogP contribution is 2.16. The van der Waals surface area contributed by atoms with Gasteiger partial charge in [-0.1, -0.05) is 0 Å². The molecule has 2 aromatic rings. The predicted molar refractivity (Wildman–Crippen MR) is 61.0 cm³/mol. The molecule has 84 valence electrons. The summed E-state index contributed by atoms with van der Waals surface area (Å²) >= 11 is 5.76. The summed E-state index contributed by atoms with van der Waals surface area (Å²) in [6.07, 6.45) is 1.72. The number of primary amides is 1. The van der Waals surface area contributed by atoms with Gasteiger partial charge in [-0.2, -0.15) is 0 Å². The van der Waals surface area contributed by atoms with Gasteiger partial charge in [-0.3, -0.25) is 4.79 Å². The number of carbonyl (C=O) groups is 1. The van der Waals surface area contributed by atoms with E-state index < -0.39 is 5.91 Å². The Hall–Kier alpha value is -1.62. The van der Waals surface area contributed by atoms with Gasteiger partial charge in [0.15, 0.2) is 5.65 Å². The van der Waals surface area contributed by atoms with Crippen molar-refractivity contribution in [3.05, 3.63) is 23.7 Å². The molecule has 0 aliphatic rings. The second-order valence-corrected chi connectivity index (χ2v) is 3.84. The van der Waals surface area contributed by atoms with Crippen molar-refractivity contribution in [2.24, 2.45) is 5.73 Å². The number of hydrogen-bond acceptors (Lipinski definition) is 3. The van der Waals surface area contributed by atoms with Crippen molar-refractivity contribution in [1.82, 2.24) is 14.5 Å². The van der Waals surface area contributed by atoms with Gasteiger partial charge in [0.05, 0.1) is 5.88 Å². The predicted octanol–water partition coefficient (Wildman–Crippen LogP) is 0.964. The molecule has 1 amide bonds. The maximum Gasteiger partial charge on any atom is 0.237 e. The van der Waals surface area contributed by atoms with Crippen molar-refractivity contribution in [1.29, 1.82) is 0 Å². The van der Waals surface area contributed by atoms with Gasteiger partial charge < -0.3 is 10.3 Å². The number of hydrogen-bond donors (Lipinski definition) is 1. The zero-order valence-electron chi connectivity index (χ0n) is 8.77. The average molecular weight is 239 g/mol. The van der Waals surface area contributed by atoms with Crippen LogP contribution in [0.25, 0.3) is 11.2 Å². The number of alkyl halides is 1. The third-order valence-corrected chi connectivity index (χ3v) is 2.47. The van der Waals surface area contributed by atoms with Crippen molar-refractivity contribution in [2.45, 2.75) is 19.3 Å². The number of rotatable bonds is 3. The van der Waals surface area contributed by atoms with E-state index in [-0.39, 0.29) is 12.4 Å². The molecule has 16 heavy (non-hydrogen) atoms. The first-order chi connectivity index (χ1) is 7.61. The smallest absolute Gasteiger partial charge is 0.237 e. The van der Waals surface area contributed by atoms with E-state index in [0.717, 1.165) is 11.1 Å². The number of nitrogens with zero attached hydrogens (tertiary/aromatic N) is 3. The van der Waals surface area contributed by atoms with E-state index in [9.17, 15) is 4.79 Å². The van der Waals surface area contributed by atoms with Crippen LogP contribution in [0.1, 0.15) is 11.4 Å². The molecule has 0 unspecified atom stereocenters. The van der Waals surface area contributed by atoms with Crippen molar-refractivity contribution < 1.29 is 4.79 Å². The zero-order valence-corrected chi connectivity index (χ0v) is 9.53. The maximum absolute atomic E-state index is 10.9. The number of imidazole rings is 1. The maximum atomic E-state index is 10.9. The molecule has 0 aliphatic heterocycles. The van der Waals surface area contributed by atoms with Crippen molar-refractivity contribution >= 4 is 28.7 Å². The van der Waals surface area contributed by atoms with Gasteiger partial charge in [-0.05, 0) is 18.6 Å². The van der Waals surface area contributed by atoms with Crippen molar-refractivity contribution in [2.75, 3.05) is 0 Å². The molecule has 6 heteroatoms. The Balaban J connectivity index is 2.63. The van der Waals surface area contributed by atoms with E-state index in [1.807, 2.05) is 13.0 Å². The number of halogens is 1. The first-order valence-electron chi connectivity index (χ1n) is 4.78. The third-order valence-electron chi connectivity index (χ3n) is 2.23. The van der Waals surface area contributed by atoms with Crippen LogP contribution in [0.3, 0.4) is 0 Å². The van der Waals surface area contributed by atoms with E-state index in [4.69, 9.17) is 17.3 Å². The van der Waals surface area contributed by atoms with Gasteiger partial charge in [-0.25, -0.2) is 9.97 Å². The SMILES string of the molecule is Cc1cnc2c(c1)nc(CCl)n2CC(N)=O. The minimum Gasteiger partial charge on any atom is -0.368 e. The lowest BCUT2D eigenvalue weighted by molar-refractivity contribution is -0.118. The molecule has 2 rings (SSSR count). The van der Waals surface area contributed by atoms with Crippen LogP contribution in [0.2, 0.25) is 0 Å². The first-order valence-corrected chi connectivity index (χ1v) is 5.31. The van der Waals surface area contributed by atoms with E-state index >= 15 is 0 Å². The van der Waals surface area contributed by atoms with Gasteiger partial charge in [0.1, 0.15) is 17.9 Å². The fourth-order valence-corrected chi connectivity index (χ4v) is 1.79. The molecule has 0 radical (unpaired) electrons. The number of aromatic nitrogens is 3. The molecule has 0 spiro atoms. The monoisotopic (exact) mass is 238 g/mol. The summed E-state index contributed by atoms with van der Waals surface area (Å²) in [4.78, 5) is 19.5. The van der Waals surface area contributed by atoms with Crippen LogP contribution < -0.4 is 5.73 Å². The molecule has 0 atom stereocenters. The second-order valence-electron chi connectivity index (χ2n) is 3.57. The van der Waals surface area contributed by atoms with E-state index in [2.05, 4.69) is 9.97 Å². The lowest BCUT2D eigenvalue weighted by atomic mass is 10.3. The van der Waals surface area contributed by atoms with E-state index in [1.54, 1.807) is 10.8 Å². The fourth-order valence-electron chi connectivity index (χ4n) is 1.58. The number of aryl methyl sites for hydroxylation is 1. The minimum absolute atomic E-state index is 0.0502. The highest BCUT2D eigenvalue weighted by molar-refractivity contribution is 6.16. The largest absolute Gasteiger partial charge is 0.368 e. The number of amides is 1. The number of nitrogens with two attached hydrogens (primary N) is 1. The van der Waals surface area contributed by atoms with Gasteiger partial charge in [0.25, 0.3) is 0 Å². The molecule has 0 aromatic carbocycles. The Bertz CT molecular complexity index is 549. The van der Waals surface area contributed by atoms with Crippen LogP contribution in [0.5, 0.6) is 0 Å². The molecule has 0 saturated heterocycles. The third kappa shape index (κ3) is 1.86. The van der Waals surface area contributed by atoms with Crippen molar-refractivity contribution in [3.63, 3.8) is 0 Å². The first kappa shape index (κ1) is 10.9. The highest BCUT2D eigenvalue weighted by atomic mass is 35.5. The number of pyridine rings is 1. The summed E-state index contributed by atoms with van der Waals surface area (Å²) in [7, 11) is 0. The molecule has 2 heterocycles. The second kappa shape index (κ2) is 4.09. The minimum atomic E-state index is -0.437. The number of carbonyl (C=O) groups excluding carboxylic acids is 1. The van der Waals surface area contributed by atoms with Crippen LogP contribution in [-0.4, -0.2) is 20.4 Å².